The molecule has 1 aliphatic rings. The van der Waals surface area contributed by atoms with Gasteiger partial charge in [0.15, 0.2) is 0 Å². The molecule has 0 saturated carbocycles. The standard InChI is InChI=1S/C13H18BN3O5/c15-11-3-1-2-8(16-11)6-12(18)17-10-5-4-9(7-13(19)20)22-14(10)21/h1-3,9-10,21H,4-7H2,(H2,15,16)(H,17,18)(H,19,20). The summed E-state index contributed by atoms with van der Waals surface area (Å²) in [5.41, 5.74) is 6.08. The van der Waals surface area contributed by atoms with E-state index in [0.717, 1.165) is 0 Å². The van der Waals surface area contributed by atoms with Crippen molar-refractivity contribution in [3.05, 3.63) is 23.9 Å². The number of rotatable bonds is 5. The fourth-order valence-corrected chi connectivity index (χ4v) is 2.38. The maximum absolute atomic E-state index is 11.9. The van der Waals surface area contributed by atoms with Crippen LogP contribution in [0, 0.1) is 0 Å². The number of carboxylic acid groups (broad SMARTS) is 1. The smallest absolute Gasteiger partial charge is 0.478 e. The highest BCUT2D eigenvalue weighted by molar-refractivity contribution is 6.45. The van der Waals surface area contributed by atoms with E-state index in [2.05, 4.69) is 10.3 Å². The number of carboxylic acids is 1. The number of pyridine rings is 1. The molecule has 2 unspecified atom stereocenters. The lowest BCUT2D eigenvalue weighted by atomic mass is 9.72. The quantitative estimate of drug-likeness (QED) is 0.532. The Morgan fingerprint density at radius 1 is 1.45 bits per heavy atom. The number of nitrogen functional groups attached to an aromatic ring is 1. The summed E-state index contributed by atoms with van der Waals surface area (Å²) < 4.78 is 5.20. The summed E-state index contributed by atoms with van der Waals surface area (Å²) in [6, 6.07) is 5.02. The SMILES string of the molecule is Nc1cccc(CC(=O)NC2CCC(CC(=O)O)OB2O)n1. The van der Waals surface area contributed by atoms with Gasteiger partial charge >= 0.3 is 13.1 Å². The average molecular weight is 307 g/mol. The highest BCUT2D eigenvalue weighted by Crippen LogP contribution is 2.18. The zero-order valence-electron chi connectivity index (χ0n) is 11.9. The summed E-state index contributed by atoms with van der Waals surface area (Å²) in [7, 11) is -1.21. The molecule has 0 aliphatic carbocycles. The van der Waals surface area contributed by atoms with Crippen molar-refractivity contribution in [2.75, 3.05) is 5.73 Å². The molecule has 5 N–H and O–H groups in total. The highest BCUT2D eigenvalue weighted by atomic mass is 16.5. The number of hydrogen-bond acceptors (Lipinski definition) is 6. The van der Waals surface area contributed by atoms with Crippen LogP contribution in [-0.2, 0) is 20.7 Å². The molecule has 0 aromatic carbocycles. The van der Waals surface area contributed by atoms with Crippen LogP contribution in [0.25, 0.3) is 0 Å². The van der Waals surface area contributed by atoms with Crippen molar-refractivity contribution >= 4 is 24.8 Å². The number of carbonyl (C=O) groups is 2. The fraction of sp³-hybridized carbons (Fsp3) is 0.462. The number of carbonyl (C=O) groups excluding carboxylic acids is 1. The Hall–Kier alpha value is -2.13. The number of aromatic nitrogens is 1. The third kappa shape index (κ3) is 4.71. The minimum atomic E-state index is -1.21. The van der Waals surface area contributed by atoms with E-state index in [0.29, 0.717) is 24.4 Å². The van der Waals surface area contributed by atoms with Gasteiger partial charge in [0.1, 0.15) is 5.82 Å². The molecule has 2 heterocycles. The van der Waals surface area contributed by atoms with Crippen LogP contribution < -0.4 is 11.1 Å². The van der Waals surface area contributed by atoms with Crippen LogP contribution in [0.15, 0.2) is 18.2 Å². The number of nitrogens with one attached hydrogen (secondary N) is 1. The summed E-state index contributed by atoms with van der Waals surface area (Å²) in [4.78, 5) is 26.6. The van der Waals surface area contributed by atoms with E-state index in [1.807, 2.05) is 0 Å². The zero-order valence-corrected chi connectivity index (χ0v) is 11.9. The lowest BCUT2D eigenvalue weighted by Gasteiger charge is -2.30. The van der Waals surface area contributed by atoms with E-state index in [9.17, 15) is 14.6 Å². The monoisotopic (exact) mass is 307 g/mol. The van der Waals surface area contributed by atoms with E-state index in [1.165, 1.54) is 0 Å². The average Bonchev–Trinajstić information content (AvgIpc) is 2.41. The van der Waals surface area contributed by atoms with Crippen LogP contribution >= 0.6 is 0 Å². The maximum Gasteiger partial charge on any atom is 0.478 e. The third-order valence-electron chi connectivity index (χ3n) is 3.39. The van der Waals surface area contributed by atoms with Gasteiger partial charge in [-0.05, 0) is 25.0 Å². The predicted molar refractivity (Wildman–Crippen MR) is 78.6 cm³/mol. The molecule has 2 atom stereocenters. The molecule has 1 saturated heterocycles. The predicted octanol–water partition coefficient (Wildman–Crippen LogP) is -0.635. The van der Waals surface area contributed by atoms with Gasteiger partial charge in [0.2, 0.25) is 5.91 Å². The molecular weight excluding hydrogens is 289 g/mol. The Morgan fingerprint density at radius 2 is 2.23 bits per heavy atom. The maximum atomic E-state index is 11.9. The minimum absolute atomic E-state index is 0.0484. The molecule has 0 bridgehead atoms. The van der Waals surface area contributed by atoms with Crippen molar-refractivity contribution in [2.24, 2.45) is 0 Å². The van der Waals surface area contributed by atoms with Crippen molar-refractivity contribution < 1.29 is 24.4 Å². The molecule has 0 radical (unpaired) electrons. The summed E-state index contributed by atoms with van der Waals surface area (Å²) in [5, 5.41) is 21.2. The van der Waals surface area contributed by atoms with Gasteiger partial charge in [-0.15, -0.1) is 0 Å². The number of anilines is 1. The first kappa shape index (κ1) is 16.2. The van der Waals surface area contributed by atoms with Crippen molar-refractivity contribution in [1.82, 2.24) is 10.3 Å². The van der Waals surface area contributed by atoms with Gasteiger partial charge in [-0.25, -0.2) is 4.98 Å². The topological polar surface area (TPSA) is 135 Å². The second-order valence-corrected chi connectivity index (χ2v) is 5.23. The summed E-state index contributed by atoms with van der Waals surface area (Å²) >= 11 is 0. The lowest BCUT2D eigenvalue weighted by molar-refractivity contribution is -0.139. The first-order valence-corrected chi connectivity index (χ1v) is 7.00. The second-order valence-electron chi connectivity index (χ2n) is 5.23. The molecule has 2 rings (SSSR count). The van der Waals surface area contributed by atoms with Crippen LogP contribution in [-0.4, -0.2) is 46.2 Å². The van der Waals surface area contributed by atoms with Crippen LogP contribution in [0.4, 0.5) is 5.82 Å². The molecule has 118 valence electrons. The van der Waals surface area contributed by atoms with Crippen molar-refractivity contribution in [3.63, 3.8) is 0 Å². The van der Waals surface area contributed by atoms with Crippen LogP contribution in [0.2, 0.25) is 0 Å². The van der Waals surface area contributed by atoms with Gasteiger partial charge in [-0.3, -0.25) is 9.59 Å². The zero-order chi connectivity index (χ0) is 16.1. The Bertz CT molecular complexity index is 556. The summed E-state index contributed by atoms with van der Waals surface area (Å²) in [6.45, 7) is 0. The summed E-state index contributed by atoms with van der Waals surface area (Å²) in [6.07, 6.45) is 0.272. The van der Waals surface area contributed by atoms with Gasteiger partial charge in [-0.1, -0.05) is 6.07 Å². The van der Waals surface area contributed by atoms with Crippen LogP contribution in [0.3, 0.4) is 0 Å². The van der Waals surface area contributed by atoms with Crippen molar-refractivity contribution in [3.8, 4) is 0 Å². The van der Waals surface area contributed by atoms with Crippen molar-refractivity contribution in [1.29, 1.82) is 0 Å². The van der Waals surface area contributed by atoms with Gasteiger partial charge in [-0.2, -0.15) is 0 Å². The molecule has 22 heavy (non-hydrogen) atoms. The van der Waals surface area contributed by atoms with Gasteiger partial charge in [0.25, 0.3) is 0 Å². The summed E-state index contributed by atoms with van der Waals surface area (Å²) in [5.74, 6) is -1.50. The number of nitrogens with zero attached hydrogens (tertiary/aromatic N) is 1. The van der Waals surface area contributed by atoms with E-state index in [-0.39, 0.29) is 18.7 Å². The second kappa shape index (κ2) is 7.23. The minimum Gasteiger partial charge on any atom is -0.481 e. The number of amides is 1. The van der Waals surface area contributed by atoms with Crippen molar-refractivity contribution in [2.45, 2.75) is 37.7 Å². The molecule has 1 amide bonds. The Kier molecular flexibility index (Phi) is 5.34. The first-order chi connectivity index (χ1) is 10.4. The molecular formula is C13H18BN3O5. The van der Waals surface area contributed by atoms with E-state index in [4.69, 9.17) is 15.5 Å². The number of nitrogens with two attached hydrogens (primary N) is 1. The molecule has 9 heteroatoms. The third-order valence-corrected chi connectivity index (χ3v) is 3.39. The van der Waals surface area contributed by atoms with E-state index >= 15 is 0 Å². The van der Waals surface area contributed by atoms with Gasteiger partial charge in [0, 0.05) is 0 Å². The van der Waals surface area contributed by atoms with Crippen LogP contribution in [0.1, 0.15) is 25.0 Å². The molecule has 1 aromatic rings. The van der Waals surface area contributed by atoms with E-state index < -0.39 is 25.1 Å². The largest absolute Gasteiger partial charge is 0.481 e. The van der Waals surface area contributed by atoms with E-state index in [1.54, 1.807) is 18.2 Å². The normalized spacial score (nSPS) is 21.4. The Labute approximate surface area is 127 Å². The molecule has 1 aliphatic heterocycles. The Morgan fingerprint density at radius 3 is 2.86 bits per heavy atom. The Balaban J connectivity index is 1.83. The molecule has 1 fully saturated rings. The van der Waals surface area contributed by atoms with Crippen LogP contribution in [0.5, 0.6) is 0 Å². The fourth-order valence-electron chi connectivity index (χ4n) is 2.38. The van der Waals surface area contributed by atoms with Gasteiger partial charge in [0.05, 0.1) is 30.6 Å². The molecule has 8 nitrogen and oxygen atoms in total. The van der Waals surface area contributed by atoms with Gasteiger partial charge < -0.3 is 25.8 Å². The number of hydrogen-bond donors (Lipinski definition) is 4. The molecule has 0 spiro atoms. The number of aliphatic carboxylic acids is 1. The first-order valence-electron chi connectivity index (χ1n) is 7.00. The highest BCUT2D eigenvalue weighted by Gasteiger charge is 2.36. The molecule has 1 aromatic heterocycles. The lowest BCUT2D eigenvalue weighted by Crippen LogP contribution is -2.53.